The summed E-state index contributed by atoms with van der Waals surface area (Å²) in [5.74, 6) is 0.566. The third-order valence-electron chi connectivity index (χ3n) is 5.15. The maximum Gasteiger partial charge on any atom is 0.269 e. The molecule has 2 rings (SSSR count). The van der Waals surface area contributed by atoms with E-state index in [2.05, 4.69) is 19.2 Å². The van der Waals surface area contributed by atoms with Gasteiger partial charge in [0.1, 0.15) is 0 Å². The highest BCUT2D eigenvalue weighted by Gasteiger charge is 2.28. The van der Waals surface area contributed by atoms with Gasteiger partial charge in [0.15, 0.2) is 0 Å². The van der Waals surface area contributed by atoms with Gasteiger partial charge in [-0.15, -0.1) is 0 Å². The molecule has 1 aliphatic carbocycles. The predicted molar refractivity (Wildman–Crippen MR) is 92.7 cm³/mol. The molecule has 1 aromatic rings. The number of nitrogens with one attached hydrogen (secondary N) is 1. The second-order valence-corrected chi connectivity index (χ2v) is 7.60. The van der Waals surface area contributed by atoms with E-state index in [1.807, 2.05) is 0 Å². The van der Waals surface area contributed by atoms with Crippen molar-refractivity contribution < 1.29 is 15.1 Å². The molecule has 0 amide bonds. The van der Waals surface area contributed by atoms with Crippen LogP contribution in [0.5, 0.6) is 0 Å². The van der Waals surface area contributed by atoms with E-state index in [0.29, 0.717) is 16.9 Å². The van der Waals surface area contributed by atoms with Crippen molar-refractivity contribution in [3.8, 4) is 0 Å². The molecule has 0 aliphatic heterocycles. The second-order valence-electron chi connectivity index (χ2n) is 7.60. The molecule has 0 saturated heterocycles. The van der Waals surface area contributed by atoms with Crippen molar-refractivity contribution >= 4 is 5.69 Å². The third kappa shape index (κ3) is 5.00. The Balaban J connectivity index is 1.89. The summed E-state index contributed by atoms with van der Waals surface area (Å²) in [6, 6.07) is 5.35. The predicted octanol–water partition coefficient (Wildman–Crippen LogP) is 2.80. The summed E-state index contributed by atoms with van der Waals surface area (Å²) >= 11 is 0. The summed E-state index contributed by atoms with van der Waals surface area (Å²) in [5.41, 5.74) is 0.978. The van der Waals surface area contributed by atoms with Gasteiger partial charge in [0.05, 0.1) is 23.7 Å². The fourth-order valence-corrected chi connectivity index (χ4v) is 3.28. The van der Waals surface area contributed by atoms with Crippen LogP contribution in [-0.4, -0.2) is 34.3 Å². The van der Waals surface area contributed by atoms with Crippen molar-refractivity contribution in [1.29, 1.82) is 0 Å². The summed E-state index contributed by atoms with van der Waals surface area (Å²) in [5, 5.41) is 34.0. The number of nitrogens with zero attached hydrogens (tertiary/aromatic N) is 1. The number of rotatable bonds is 7. The van der Waals surface area contributed by atoms with Gasteiger partial charge in [-0.25, -0.2) is 0 Å². The molecule has 0 unspecified atom stereocenters. The van der Waals surface area contributed by atoms with Gasteiger partial charge in [0.2, 0.25) is 0 Å². The summed E-state index contributed by atoms with van der Waals surface area (Å²) in [6.45, 7) is 5.18. The number of non-ortho nitro benzene ring substituents is 1. The number of benzene rings is 1. The molecule has 1 aromatic carbocycles. The molecular formula is C18H28N2O4. The quantitative estimate of drug-likeness (QED) is 0.525. The molecule has 6 nitrogen and oxygen atoms in total. The van der Waals surface area contributed by atoms with Crippen LogP contribution in [0.2, 0.25) is 0 Å². The molecule has 134 valence electrons. The van der Waals surface area contributed by atoms with Crippen LogP contribution in [0, 0.1) is 21.4 Å². The van der Waals surface area contributed by atoms with Crippen LogP contribution < -0.4 is 5.32 Å². The first-order valence-corrected chi connectivity index (χ1v) is 8.59. The summed E-state index contributed by atoms with van der Waals surface area (Å²) in [4.78, 5) is 10.2. The molecule has 0 aromatic heterocycles. The van der Waals surface area contributed by atoms with Gasteiger partial charge in [0, 0.05) is 12.1 Å². The molecule has 1 aliphatic rings. The number of hydrogen-bond donors (Lipinski definition) is 3. The maximum absolute atomic E-state index is 10.7. The van der Waals surface area contributed by atoms with E-state index in [0.717, 1.165) is 19.4 Å². The van der Waals surface area contributed by atoms with E-state index >= 15 is 0 Å². The van der Waals surface area contributed by atoms with Gasteiger partial charge in [-0.1, -0.05) is 13.8 Å². The van der Waals surface area contributed by atoms with E-state index in [9.17, 15) is 20.3 Å². The van der Waals surface area contributed by atoms with Crippen molar-refractivity contribution in [3.63, 3.8) is 0 Å². The Bertz CT molecular complexity index is 534. The lowest BCUT2D eigenvalue weighted by molar-refractivity contribution is -0.384. The summed E-state index contributed by atoms with van der Waals surface area (Å²) < 4.78 is 0. The average molecular weight is 336 g/mol. The molecule has 0 radical (unpaired) electrons. The van der Waals surface area contributed by atoms with Crippen LogP contribution in [0.15, 0.2) is 24.3 Å². The highest BCUT2D eigenvalue weighted by Crippen LogP contribution is 2.37. The minimum Gasteiger partial charge on any atom is -0.395 e. The number of nitro groups is 1. The monoisotopic (exact) mass is 336 g/mol. The zero-order chi connectivity index (χ0) is 17.7. The largest absolute Gasteiger partial charge is 0.395 e. The molecule has 1 saturated carbocycles. The van der Waals surface area contributed by atoms with Gasteiger partial charge >= 0.3 is 0 Å². The molecule has 0 bridgehead atoms. The SMILES string of the molecule is CC1(C)CCC(CN[C@H](CO)[C@@H](O)c2ccc([N+](=O)[O-])cc2)CC1. The first-order valence-electron chi connectivity index (χ1n) is 8.59. The Morgan fingerprint density at radius 3 is 2.38 bits per heavy atom. The molecule has 3 N–H and O–H groups in total. The lowest BCUT2D eigenvalue weighted by atomic mass is 9.73. The van der Waals surface area contributed by atoms with Crippen LogP contribution >= 0.6 is 0 Å². The second kappa shape index (κ2) is 8.05. The Morgan fingerprint density at radius 1 is 1.29 bits per heavy atom. The smallest absolute Gasteiger partial charge is 0.269 e. The standard InChI is InChI=1S/C18H28N2O4/c1-18(2)9-7-13(8-10-18)11-19-16(12-21)17(22)14-3-5-15(6-4-14)20(23)24/h3-6,13,16-17,19,21-22H,7-12H2,1-2H3/t16-,17+/m1/s1. The first kappa shape index (κ1) is 18.8. The number of aliphatic hydroxyl groups excluding tert-OH is 2. The van der Waals surface area contributed by atoms with Crippen LogP contribution in [0.4, 0.5) is 5.69 Å². The van der Waals surface area contributed by atoms with E-state index in [4.69, 9.17) is 0 Å². The van der Waals surface area contributed by atoms with Crippen molar-refractivity contribution in [3.05, 3.63) is 39.9 Å². The zero-order valence-electron chi connectivity index (χ0n) is 14.4. The van der Waals surface area contributed by atoms with E-state index in [-0.39, 0.29) is 12.3 Å². The van der Waals surface area contributed by atoms with E-state index in [1.165, 1.54) is 37.1 Å². The summed E-state index contributed by atoms with van der Waals surface area (Å²) in [6.07, 6.45) is 3.83. The lowest BCUT2D eigenvalue weighted by Crippen LogP contribution is -2.41. The lowest BCUT2D eigenvalue weighted by Gasteiger charge is -2.35. The Labute approximate surface area is 143 Å². The zero-order valence-corrected chi connectivity index (χ0v) is 14.4. The molecule has 6 heteroatoms. The van der Waals surface area contributed by atoms with E-state index < -0.39 is 17.1 Å². The number of hydrogen-bond acceptors (Lipinski definition) is 5. The van der Waals surface area contributed by atoms with Crippen LogP contribution in [0.25, 0.3) is 0 Å². The Kier molecular flexibility index (Phi) is 6.32. The van der Waals surface area contributed by atoms with Gasteiger partial charge in [0.25, 0.3) is 5.69 Å². The van der Waals surface area contributed by atoms with Crippen molar-refractivity contribution in [2.45, 2.75) is 51.7 Å². The molecular weight excluding hydrogens is 308 g/mol. The molecule has 24 heavy (non-hydrogen) atoms. The molecule has 0 spiro atoms. The summed E-state index contributed by atoms with van der Waals surface area (Å²) in [7, 11) is 0. The van der Waals surface area contributed by atoms with Crippen molar-refractivity contribution in [2.24, 2.45) is 11.3 Å². The highest BCUT2D eigenvalue weighted by molar-refractivity contribution is 5.34. The van der Waals surface area contributed by atoms with Gasteiger partial charge < -0.3 is 15.5 Å². The van der Waals surface area contributed by atoms with Crippen molar-refractivity contribution in [1.82, 2.24) is 5.32 Å². The molecule has 1 fully saturated rings. The van der Waals surface area contributed by atoms with E-state index in [1.54, 1.807) is 0 Å². The molecule has 2 atom stereocenters. The van der Waals surface area contributed by atoms with Gasteiger partial charge in [-0.3, -0.25) is 10.1 Å². The van der Waals surface area contributed by atoms with Crippen LogP contribution in [-0.2, 0) is 0 Å². The number of nitro benzene ring substituents is 1. The first-order chi connectivity index (χ1) is 11.3. The van der Waals surface area contributed by atoms with Gasteiger partial charge in [-0.05, 0) is 61.3 Å². The Morgan fingerprint density at radius 2 is 1.88 bits per heavy atom. The fraction of sp³-hybridized carbons (Fsp3) is 0.667. The normalized spacial score (nSPS) is 20.5. The number of aliphatic hydroxyl groups is 2. The van der Waals surface area contributed by atoms with Crippen LogP contribution in [0.1, 0.15) is 51.2 Å². The van der Waals surface area contributed by atoms with Crippen molar-refractivity contribution in [2.75, 3.05) is 13.2 Å². The third-order valence-corrected chi connectivity index (χ3v) is 5.15. The fourth-order valence-electron chi connectivity index (χ4n) is 3.28. The highest BCUT2D eigenvalue weighted by atomic mass is 16.6. The van der Waals surface area contributed by atoms with Gasteiger partial charge in [-0.2, -0.15) is 0 Å². The topological polar surface area (TPSA) is 95.6 Å². The average Bonchev–Trinajstić information content (AvgIpc) is 2.56. The Hall–Kier alpha value is -1.50. The molecule has 0 heterocycles. The maximum atomic E-state index is 10.7. The minimum absolute atomic E-state index is 0.00993. The minimum atomic E-state index is -0.893. The van der Waals surface area contributed by atoms with Crippen LogP contribution in [0.3, 0.4) is 0 Å².